The van der Waals surface area contributed by atoms with Crippen molar-refractivity contribution in [2.75, 3.05) is 0 Å². The zero-order valence-electron chi connectivity index (χ0n) is 11.8. The molecule has 20 heavy (non-hydrogen) atoms. The second-order valence-electron chi connectivity index (χ2n) is 5.03. The van der Waals surface area contributed by atoms with E-state index in [-0.39, 0.29) is 11.9 Å². The van der Waals surface area contributed by atoms with Crippen molar-refractivity contribution >= 4 is 5.91 Å². The fraction of sp³-hybridized carbons (Fsp3) is 0.235. The molecule has 0 aromatic heterocycles. The number of aryl methyl sites for hydroxylation is 1. The maximum Gasteiger partial charge on any atom is 0.241 e. The zero-order valence-corrected chi connectivity index (χ0v) is 11.8. The number of nitrogens with two attached hydrogens (primary N) is 1. The summed E-state index contributed by atoms with van der Waals surface area (Å²) in [7, 11) is 0. The summed E-state index contributed by atoms with van der Waals surface area (Å²) < 4.78 is 0. The van der Waals surface area contributed by atoms with E-state index < -0.39 is 6.04 Å². The minimum atomic E-state index is -0.636. The van der Waals surface area contributed by atoms with Gasteiger partial charge in [-0.1, -0.05) is 60.2 Å². The molecule has 2 rings (SSSR count). The van der Waals surface area contributed by atoms with Gasteiger partial charge >= 0.3 is 0 Å². The first-order valence-corrected chi connectivity index (χ1v) is 6.75. The van der Waals surface area contributed by atoms with E-state index in [1.165, 1.54) is 5.56 Å². The molecule has 2 aromatic rings. The summed E-state index contributed by atoms with van der Waals surface area (Å²) in [4.78, 5) is 12.2. The molecule has 0 aliphatic carbocycles. The fourth-order valence-corrected chi connectivity index (χ4v) is 2.14. The number of hydrogen-bond acceptors (Lipinski definition) is 2. The van der Waals surface area contributed by atoms with Gasteiger partial charge in [-0.3, -0.25) is 4.79 Å². The Morgan fingerprint density at radius 3 is 2.35 bits per heavy atom. The predicted molar refractivity (Wildman–Crippen MR) is 81.1 cm³/mol. The molecule has 0 unspecified atom stereocenters. The van der Waals surface area contributed by atoms with Crippen molar-refractivity contribution in [2.45, 2.75) is 25.9 Å². The Balaban J connectivity index is 2.04. The second kappa shape index (κ2) is 6.35. The first-order chi connectivity index (χ1) is 9.58. The van der Waals surface area contributed by atoms with Crippen LogP contribution in [0.1, 0.15) is 35.7 Å². The minimum Gasteiger partial charge on any atom is -0.348 e. The van der Waals surface area contributed by atoms with Crippen molar-refractivity contribution in [1.29, 1.82) is 0 Å². The van der Waals surface area contributed by atoms with Gasteiger partial charge in [-0.2, -0.15) is 0 Å². The molecule has 0 heterocycles. The molecule has 3 heteroatoms. The first kappa shape index (κ1) is 14.3. The van der Waals surface area contributed by atoms with Gasteiger partial charge in [0.25, 0.3) is 0 Å². The van der Waals surface area contributed by atoms with Gasteiger partial charge in [-0.05, 0) is 25.0 Å². The summed E-state index contributed by atoms with van der Waals surface area (Å²) in [5, 5.41) is 2.96. The van der Waals surface area contributed by atoms with Gasteiger partial charge in [0, 0.05) is 0 Å². The van der Waals surface area contributed by atoms with E-state index in [2.05, 4.69) is 11.4 Å². The average molecular weight is 268 g/mol. The summed E-state index contributed by atoms with van der Waals surface area (Å²) in [6.45, 7) is 4.00. The summed E-state index contributed by atoms with van der Waals surface area (Å²) >= 11 is 0. The Morgan fingerprint density at radius 2 is 1.70 bits per heavy atom. The van der Waals surface area contributed by atoms with Crippen molar-refractivity contribution in [1.82, 2.24) is 5.32 Å². The lowest BCUT2D eigenvalue weighted by Crippen LogP contribution is -2.35. The highest BCUT2D eigenvalue weighted by Gasteiger charge is 2.18. The third kappa shape index (κ3) is 3.45. The number of benzene rings is 2. The van der Waals surface area contributed by atoms with E-state index in [0.29, 0.717) is 0 Å². The van der Waals surface area contributed by atoms with E-state index in [1.54, 1.807) is 0 Å². The Kier molecular flexibility index (Phi) is 4.53. The monoisotopic (exact) mass is 268 g/mol. The molecular weight excluding hydrogens is 248 g/mol. The Hall–Kier alpha value is -2.13. The maximum atomic E-state index is 12.2. The molecule has 0 fully saturated rings. The molecule has 104 valence electrons. The SMILES string of the molecule is Cc1cccc([C@H](C)NC(=O)[C@@H](N)c2ccccc2)c1. The van der Waals surface area contributed by atoms with E-state index in [0.717, 1.165) is 11.1 Å². The van der Waals surface area contributed by atoms with Gasteiger partial charge in [-0.25, -0.2) is 0 Å². The van der Waals surface area contributed by atoms with Crippen LogP contribution in [0.15, 0.2) is 54.6 Å². The van der Waals surface area contributed by atoms with Crippen LogP contribution in [0.25, 0.3) is 0 Å². The lowest BCUT2D eigenvalue weighted by Gasteiger charge is -2.18. The lowest BCUT2D eigenvalue weighted by molar-refractivity contribution is -0.123. The molecule has 0 aliphatic heterocycles. The molecule has 0 radical (unpaired) electrons. The largest absolute Gasteiger partial charge is 0.348 e. The van der Waals surface area contributed by atoms with Crippen molar-refractivity contribution in [3.8, 4) is 0 Å². The van der Waals surface area contributed by atoms with Crippen LogP contribution in [-0.4, -0.2) is 5.91 Å². The summed E-state index contributed by atoms with van der Waals surface area (Å²) in [6, 6.07) is 16.8. The molecular formula is C17H20N2O. The fourth-order valence-electron chi connectivity index (χ4n) is 2.14. The molecule has 2 atom stereocenters. The molecule has 1 amide bonds. The number of nitrogens with one attached hydrogen (secondary N) is 1. The summed E-state index contributed by atoms with van der Waals surface area (Å²) in [5.41, 5.74) is 9.06. The smallest absolute Gasteiger partial charge is 0.241 e. The van der Waals surface area contributed by atoms with Crippen LogP contribution in [0.5, 0.6) is 0 Å². The highest BCUT2D eigenvalue weighted by Crippen LogP contribution is 2.16. The summed E-state index contributed by atoms with van der Waals surface area (Å²) in [6.07, 6.45) is 0. The minimum absolute atomic E-state index is 0.0582. The normalized spacial score (nSPS) is 13.6. The third-order valence-corrected chi connectivity index (χ3v) is 3.34. The lowest BCUT2D eigenvalue weighted by atomic mass is 10.0. The van der Waals surface area contributed by atoms with Crippen molar-refractivity contribution in [3.63, 3.8) is 0 Å². The number of rotatable bonds is 4. The number of hydrogen-bond donors (Lipinski definition) is 2. The first-order valence-electron chi connectivity index (χ1n) is 6.75. The highest BCUT2D eigenvalue weighted by atomic mass is 16.2. The molecule has 0 spiro atoms. The predicted octanol–water partition coefficient (Wildman–Crippen LogP) is 2.87. The number of amides is 1. The van der Waals surface area contributed by atoms with Crippen molar-refractivity contribution < 1.29 is 4.79 Å². The Bertz CT molecular complexity index is 581. The summed E-state index contributed by atoms with van der Waals surface area (Å²) in [5.74, 6) is -0.162. The van der Waals surface area contributed by atoms with Gasteiger partial charge in [0.2, 0.25) is 5.91 Å². The molecule has 0 aliphatic rings. The highest BCUT2D eigenvalue weighted by molar-refractivity contribution is 5.83. The molecule has 0 saturated carbocycles. The Morgan fingerprint density at radius 1 is 1.05 bits per heavy atom. The standard InChI is InChI=1S/C17H20N2O/c1-12-7-6-10-15(11-12)13(2)19-17(20)16(18)14-8-4-3-5-9-14/h3-11,13,16H,18H2,1-2H3,(H,19,20)/t13-,16-/m0/s1. The topological polar surface area (TPSA) is 55.1 Å². The number of carbonyl (C=O) groups is 1. The van der Waals surface area contributed by atoms with Crippen LogP contribution in [-0.2, 0) is 4.79 Å². The molecule has 2 aromatic carbocycles. The van der Waals surface area contributed by atoms with Crippen LogP contribution >= 0.6 is 0 Å². The Labute approximate surface area is 119 Å². The van der Waals surface area contributed by atoms with Gasteiger partial charge in [0.15, 0.2) is 0 Å². The van der Waals surface area contributed by atoms with E-state index >= 15 is 0 Å². The van der Waals surface area contributed by atoms with Crippen LogP contribution in [0.4, 0.5) is 0 Å². The van der Waals surface area contributed by atoms with Gasteiger partial charge < -0.3 is 11.1 Å². The van der Waals surface area contributed by atoms with Crippen molar-refractivity contribution in [2.24, 2.45) is 5.73 Å². The molecule has 0 bridgehead atoms. The molecule has 3 N–H and O–H groups in total. The zero-order chi connectivity index (χ0) is 14.5. The van der Waals surface area contributed by atoms with Crippen LogP contribution in [0.3, 0.4) is 0 Å². The van der Waals surface area contributed by atoms with Gasteiger partial charge in [0.05, 0.1) is 6.04 Å². The molecule has 3 nitrogen and oxygen atoms in total. The second-order valence-corrected chi connectivity index (χ2v) is 5.03. The van der Waals surface area contributed by atoms with Crippen molar-refractivity contribution in [3.05, 3.63) is 71.3 Å². The average Bonchev–Trinajstić information content (AvgIpc) is 2.47. The molecule has 0 saturated heterocycles. The van der Waals surface area contributed by atoms with Crippen LogP contribution < -0.4 is 11.1 Å². The van der Waals surface area contributed by atoms with Crippen LogP contribution in [0.2, 0.25) is 0 Å². The van der Waals surface area contributed by atoms with Crippen LogP contribution in [0, 0.1) is 6.92 Å². The number of carbonyl (C=O) groups excluding carboxylic acids is 1. The quantitative estimate of drug-likeness (QED) is 0.896. The van der Waals surface area contributed by atoms with E-state index in [1.807, 2.05) is 62.4 Å². The third-order valence-electron chi connectivity index (χ3n) is 3.34. The maximum absolute atomic E-state index is 12.2. The van der Waals surface area contributed by atoms with E-state index in [4.69, 9.17) is 5.73 Å². The van der Waals surface area contributed by atoms with Gasteiger partial charge in [0.1, 0.15) is 6.04 Å². The van der Waals surface area contributed by atoms with E-state index in [9.17, 15) is 4.79 Å². The van der Waals surface area contributed by atoms with Gasteiger partial charge in [-0.15, -0.1) is 0 Å².